The Morgan fingerprint density at radius 1 is 1.56 bits per heavy atom. The number of hydrogen-bond donors (Lipinski definition) is 2. The van der Waals surface area contributed by atoms with Crippen LogP contribution in [0, 0.1) is 6.92 Å². The number of carbonyl (C=O) groups is 1. The highest BCUT2D eigenvalue weighted by Crippen LogP contribution is 2.18. The second kappa shape index (κ2) is 4.25. The fraction of sp³-hybridized carbons (Fsp3) is 0.636. The van der Waals surface area contributed by atoms with Crippen LogP contribution >= 0.6 is 0 Å². The second-order valence-corrected chi connectivity index (χ2v) is 4.53. The number of hydrogen-bond acceptors (Lipinski definition) is 4. The van der Waals surface area contributed by atoms with Gasteiger partial charge in [-0.1, -0.05) is 0 Å². The Bertz CT molecular complexity index is 380. The molecule has 16 heavy (non-hydrogen) atoms. The van der Waals surface area contributed by atoms with Gasteiger partial charge in [-0.2, -0.15) is 0 Å². The molecule has 0 saturated carbocycles. The van der Waals surface area contributed by atoms with Gasteiger partial charge in [-0.15, -0.1) is 0 Å². The average molecular weight is 223 g/mol. The van der Waals surface area contributed by atoms with E-state index in [9.17, 15) is 4.79 Å². The van der Waals surface area contributed by atoms with Crippen LogP contribution in [0.3, 0.4) is 0 Å². The van der Waals surface area contributed by atoms with Gasteiger partial charge in [0.05, 0.1) is 5.69 Å². The van der Waals surface area contributed by atoms with Crippen LogP contribution in [-0.2, 0) is 0 Å². The molecule has 1 aliphatic heterocycles. The minimum absolute atomic E-state index is 0.137. The molecule has 2 rings (SSSR count). The summed E-state index contributed by atoms with van der Waals surface area (Å²) in [7, 11) is 0. The minimum Gasteiger partial charge on any atom is -0.438 e. The molecule has 0 radical (unpaired) electrons. The van der Waals surface area contributed by atoms with E-state index < -0.39 is 0 Å². The van der Waals surface area contributed by atoms with Crippen molar-refractivity contribution in [3.63, 3.8) is 0 Å². The van der Waals surface area contributed by atoms with Crippen molar-refractivity contribution in [3.8, 4) is 0 Å². The summed E-state index contributed by atoms with van der Waals surface area (Å²) < 4.78 is 5.07. The van der Waals surface area contributed by atoms with Crippen LogP contribution in [0.1, 0.15) is 36.0 Å². The van der Waals surface area contributed by atoms with Gasteiger partial charge < -0.3 is 15.1 Å². The van der Waals surface area contributed by atoms with Crippen molar-refractivity contribution in [3.05, 3.63) is 17.8 Å². The number of carbonyl (C=O) groups excluding carboxylic acids is 1. The van der Waals surface area contributed by atoms with Crippen LogP contribution < -0.4 is 10.6 Å². The van der Waals surface area contributed by atoms with Gasteiger partial charge in [-0.25, -0.2) is 4.98 Å². The van der Waals surface area contributed by atoms with E-state index in [0.717, 1.165) is 25.9 Å². The molecule has 1 aromatic rings. The van der Waals surface area contributed by atoms with Crippen LogP contribution in [0.4, 0.5) is 0 Å². The van der Waals surface area contributed by atoms with Crippen molar-refractivity contribution >= 4 is 5.91 Å². The van der Waals surface area contributed by atoms with Gasteiger partial charge in [0, 0.05) is 5.54 Å². The van der Waals surface area contributed by atoms with E-state index in [1.165, 1.54) is 6.39 Å². The molecule has 1 aliphatic rings. The number of nitrogens with zero attached hydrogens (tertiary/aromatic N) is 1. The zero-order chi connectivity index (χ0) is 11.6. The lowest BCUT2D eigenvalue weighted by Gasteiger charge is -2.34. The lowest BCUT2D eigenvalue weighted by Crippen LogP contribution is -2.52. The Labute approximate surface area is 94.6 Å². The molecule has 0 aromatic carbocycles. The Morgan fingerprint density at radius 3 is 2.81 bits per heavy atom. The molecule has 0 bridgehead atoms. The minimum atomic E-state index is -0.167. The smallest absolute Gasteiger partial charge is 0.289 e. The fourth-order valence-electron chi connectivity index (χ4n) is 1.95. The van der Waals surface area contributed by atoms with Crippen LogP contribution in [0.2, 0.25) is 0 Å². The summed E-state index contributed by atoms with van der Waals surface area (Å²) in [4.78, 5) is 15.8. The van der Waals surface area contributed by atoms with E-state index in [1.807, 2.05) is 0 Å². The first-order valence-corrected chi connectivity index (χ1v) is 5.54. The van der Waals surface area contributed by atoms with Gasteiger partial charge in [0.15, 0.2) is 6.39 Å². The summed E-state index contributed by atoms with van der Waals surface area (Å²) in [5.74, 6) is 0.152. The Kier molecular flexibility index (Phi) is 2.96. The maximum Gasteiger partial charge on any atom is 0.289 e. The summed E-state index contributed by atoms with van der Waals surface area (Å²) in [5, 5.41) is 6.30. The quantitative estimate of drug-likeness (QED) is 0.780. The molecule has 0 atom stereocenters. The molecule has 0 unspecified atom stereocenters. The molecule has 0 spiro atoms. The number of aryl methyl sites for hydroxylation is 1. The maximum absolute atomic E-state index is 11.9. The Balaban J connectivity index is 2.04. The summed E-state index contributed by atoms with van der Waals surface area (Å²) in [6.45, 7) is 5.71. The fourth-order valence-corrected chi connectivity index (χ4v) is 1.95. The molecule has 1 fully saturated rings. The molecular formula is C11H17N3O2. The Hall–Kier alpha value is -1.36. The first-order chi connectivity index (χ1) is 7.61. The number of rotatable bonds is 2. The van der Waals surface area contributed by atoms with Gasteiger partial charge in [-0.3, -0.25) is 4.79 Å². The topological polar surface area (TPSA) is 67.2 Å². The molecule has 0 aliphatic carbocycles. The first kappa shape index (κ1) is 11.1. The lowest BCUT2D eigenvalue weighted by atomic mass is 9.90. The SMILES string of the molecule is Cc1ncoc1C(=O)NC1(C)CCNCC1. The maximum atomic E-state index is 11.9. The van der Waals surface area contributed by atoms with E-state index in [0.29, 0.717) is 11.5 Å². The van der Waals surface area contributed by atoms with E-state index in [4.69, 9.17) is 4.42 Å². The lowest BCUT2D eigenvalue weighted by molar-refractivity contribution is 0.0858. The highest BCUT2D eigenvalue weighted by atomic mass is 16.3. The largest absolute Gasteiger partial charge is 0.438 e. The number of nitrogens with one attached hydrogen (secondary N) is 2. The Morgan fingerprint density at radius 2 is 2.25 bits per heavy atom. The van der Waals surface area contributed by atoms with E-state index in [2.05, 4.69) is 22.5 Å². The standard InChI is InChI=1S/C11H17N3O2/c1-8-9(16-7-13-8)10(15)14-11(2)3-5-12-6-4-11/h7,12H,3-6H2,1-2H3,(H,14,15). The molecule has 1 aromatic heterocycles. The third-order valence-electron chi connectivity index (χ3n) is 3.07. The van der Waals surface area contributed by atoms with Crippen molar-refractivity contribution in [2.45, 2.75) is 32.2 Å². The number of aromatic nitrogens is 1. The van der Waals surface area contributed by atoms with E-state index in [-0.39, 0.29) is 11.4 Å². The van der Waals surface area contributed by atoms with Crippen molar-refractivity contribution < 1.29 is 9.21 Å². The molecule has 2 N–H and O–H groups in total. The van der Waals surface area contributed by atoms with Gasteiger partial charge in [-0.05, 0) is 39.8 Å². The highest BCUT2D eigenvalue weighted by molar-refractivity contribution is 5.92. The van der Waals surface area contributed by atoms with Crippen LogP contribution in [0.25, 0.3) is 0 Å². The first-order valence-electron chi connectivity index (χ1n) is 5.54. The molecule has 1 amide bonds. The molecule has 2 heterocycles. The van der Waals surface area contributed by atoms with Crippen molar-refractivity contribution in [1.82, 2.24) is 15.6 Å². The predicted molar refractivity (Wildman–Crippen MR) is 59.2 cm³/mol. The average Bonchev–Trinajstić information content (AvgIpc) is 2.65. The zero-order valence-corrected chi connectivity index (χ0v) is 9.67. The molecule has 5 nitrogen and oxygen atoms in total. The number of piperidine rings is 1. The summed E-state index contributed by atoms with van der Waals surface area (Å²) >= 11 is 0. The van der Waals surface area contributed by atoms with Crippen LogP contribution in [0.5, 0.6) is 0 Å². The summed E-state index contributed by atoms with van der Waals surface area (Å²) in [6, 6.07) is 0. The van der Waals surface area contributed by atoms with E-state index >= 15 is 0 Å². The molecular weight excluding hydrogens is 206 g/mol. The van der Waals surface area contributed by atoms with E-state index in [1.54, 1.807) is 6.92 Å². The van der Waals surface area contributed by atoms with Crippen molar-refractivity contribution in [2.75, 3.05) is 13.1 Å². The monoisotopic (exact) mass is 223 g/mol. The third kappa shape index (κ3) is 2.24. The van der Waals surface area contributed by atoms with Gasteiger partial charge in [0.1, 0.15) is 0 Å². The molecule has 1 saturated heterocycles. The number of oxazole rings is 1. The highest BCUT2D eigenvalue weighted by Gasteiger charge is 2.30. The third-order valence-corrected chi connectivity index (χ3v) is 3.07. The van der Waals surface area contributed by atoms with Gasteiger partial charge in [0.2, 0.25) is 5.76 Å². The normalized spacial score (nSPS) is 19.4. The second-order valence-electron chi connectivity index (χ2n) is 4.53. The van der Waals surface area contributed by atoms with Gasteiger partial charge >= 0.3 is 0 Å². The van der Waals surface area contributed by atoms with Crippen molar-refractivity contribution in [1.29, 1.82) is 0 Å². The summed E-state index contributed by atoms with van der Waals surface area (Å²) in [6.07, 6.45) is 3.17. The molecule has 88 valence electrons. The van der Waals surface area contributed by atoms with Crippen LogP contribution in [-0.4, -0.2) is 29.5 Å². The zero-order valence-electron chi connectivity index (χ0n) is 9.67. The van der Waals surface area contributed by atoms with Crippen LogP contribution in [0.15, 0.2) is 10.8 Å². The molecule has 5 heteroatoms. The summed E-state index contributed by atoms with van der Waals surface area (Å²) in [5.41, 5.74) is 0.497. The predicted octanol–water partition coefficient (Wildman–Crippen LogP) is 0.855. The van der Waals surface area contributed by atoms with Crippen molar-refractivity contribution in [2.24, 2.45) is 0 Å². The number of amides is 1. The van der Waals surface area contributed by atoms with Gasteiger partial charge in [0.25, 0.3) is 5.91 Å².